The molecule has 0 fully saturated rings. The summed E-state index contributed by atoms with van der Waals surface area (Å²) >= 11 is 0. The average Bonchev–Trinajstić information content (AvgIpc) is 2.30. The third kappa shape index (κ3) is 2.31. The van der Waals surface area contributed by atoms with Crippen LogP contribution in [-0.2, 0) is 12.8 Å². The van der Waals surface area contributed by atoms with Gasteiger partial charge in [0.1, 0.15) is 5.82 Å². The largest absolute Gasteiger partial charge is 0.399 e. The summed E-state index contributed by atoms with van der Waals surface area (Å²) < 4.78 is 0. The third-order valence-electron chi connectivity index (χ3n) is 2.64. The molecule has 0 atom stereocenters. The van der Waals surface area contributed by atoms with Crippen molar-refractivity contribution >= 4 is 11.5 Å². The molecule has 0 aliphatic carbocycles. The first-order valence-corrected chi connectivity index (χ1v) is 5.30. The molecule has 3 heteroatoms. The van der Waals surface area contributed by atoms with E-state index in [1.165, 1.54) is 0 Å². The lowest BCUT2D eigenvalue weighted by Crippen LogP contribution is -2.01. The smallest absolute Gasteiger partial charge is 0.126 e. The van der Waals surface area contributed by atoms with Crippen LogP contribution in [0.1, 0.15) is 11.1 Å². The lowest BCUT2D eigenvalue weighted by atomic mass is 10.0. The maximum atomic E-state index is 5.88. The van der Waals surface area contributed by atoms with Gasteiger partial charge < -0.3 is 11.5 Å². The van der Waals surface area contributed by atoms with Gasteiger partial charge in [-0.3, -0.25) is 0 Å². The summed E-state index contributed by atoms with van der Waals surface area (Å²) in [7, 11) is 0. The zero-order valence-corrected chi connectivity index (χ0v) is 9.06. The first kappa shape index (κ1) is 10.5. The highest BCUT2D eigenvalue weighted by Gasteiger charge is 2.02. The van der Waals surface area contributed by atoms with E-state index in [0.29, 0.717) is 5.82 Å². The number of hydrogen-bond acceptors (Lipinski definition) is 3. The second-order valence-electron chi connectivity index (χ2n) is 3.75. The molecule has 2 rings (SSSR count). The van der Waals surface area contributed by atoms with Crippen molar-refractivity contribution in [1.82, 2.24) is 4.98 Å². The zero-order chi connectivity index (χ0) is 11.4. The minimum Gasteiger partial charge on any atom is -0.399 e. The SMILES string of the molecule is Nc1ccccc1CCc1cccnc1N. The normalized spacial score (nSPS) is 10.2. The molecule has 0 amide bonds. The molecular formula is C13H15N3. The van der Waals surface area contributed by atoms with Crippen LogP contribution in [0, 0.1) is 0 Å². The van der Waals surface area contributed by atoms with Crippen LogP contribution >= 0.6 is 0 Å². The number of aryl methyl sites for hydroxylation is 2. The van der Waals surface area contributed by atoms with Gasteiger partial charge in [0.05, 0.1) is 0 Å². The summed E-state index contributed by atoms with van der Waals surface area (Å²) in [5, 5.41) is 0. The molecule has 3 nitrogen and oxygen atoms in total. The van der Waals surface area contributed by atoms with Gasteiger partial charge in [0, 0.05) is 11.9 Å². The van der Waals surface area contributed by atoms with Crippen LogP contribution in [0.3, 0.4) is 0 Å². The summed E-state index contributed by atoms with van der Waals surface area (Å²) in [5.74, 6) is 0.608. The molecule has 0 radical (unpaired) electrons. The van der Waals surface area contributed by atoms with E-state index in [0.717, 1.165) is 29.7 Å². The Hall–Kier alpha value is -2.03. The molecule has 1 heterocycles. The van der Waals surface area contributed by atoms with Crippen molar-refractivity contribution in [3.63, 3.8) is 0 Å². The van der Waals surface area contributed by atoms with Gasteiger partial charge in [-0.05, 0) is 36.1 Å². The van der Waals surface area contributed by atoms with Gasteiger partial charge in [-0.25, -0.2) is 4.98 Å². The van der Waals surface area contributed by atoms with E-state index in [2.05, 4.69) is 4.98 Å². The van der Waals surface area contributed by atoms with Gasteiger partial charge in [-0.2, -0.15) is 0 Å². The molecule has 4 N–H and O–H groups in total. The van der Waals surface area contributed by atoms with Crippen LogP contribution < -0.4 is 11.5 Å². The van der Waals surface area contributed by atoms with Gasteiger partial charge in [0.2, 0.25) is 0 Å². The number of anilines is 2. The summed E-state index contributed by atoms with van der Waals surface area (Å²) in [6.45, 7) is 0. The topological polar surface area (TPSA) is 64.9 Å². The minimum absolute atomic E-state index is 0.608. The van der Waals surface area contributed by atoms with E-state index in [4.69, 9.17) is 11.5 Å². The van der Waals surface area contributed by atoms with Crippen molar-refractivity contribution < 1.29 is 0 Å². The highest BCUT2D eigenvalue weighted by molar-refractivity contribution is 5.47. The first-order chi connectivity index (χ1) is 7.77. The minimum atomic E-state index is 0.608. The van der Waals surface area contributed by atoms with E-state index < -0.39 is 0 Å². The summed E-state index contributed by atoms with van der Waals surface area (Å²) in [4.78, 5) is 4.06. The molecule has 1 aromatic carbocycles. The quantitative estimate of drug-likeness (QED) is 0.767. The number of pyridine rings is 1. The third-order valence-corrected chi connectivity index (χ3v) is 2.64. The van der Waals surface area contributed by atoms with Gasteiger partial charge >= 0.3 is 0 Å². The molecule has 0 bridgehead atoms. The molecule has 0 unspecified atom stereocenters. The molecule has 2 aromatic rings. The average molecular weight is 213 g/mol. The zero-order valence-electron chi connectivity index (χ0n) is 9.06. The van der Waals surface area contributed by atoms with E-state index >= 15 is 0 Å². The van der Waals surface area contributed by atoms with Crippen LogP contribution in [0.25, 0.3) is 0 Å². The van der Waals surface area contributed by atoms with Crippen molar-refractivity contribution in [2.24, 2.45) is 0 Å². The number of aromatic nitrogens is 1. The lowest BCUT2D eigenvalue weighted by molar-refractivity contribution is 0.957. The molecule has 0 saturated heterocycles. The van der Waals surface area contributed by atoms with Crippen molar-refractivity contribution in [2.75, 3.05) is 11.5 Å². The lowest BCUT2D eigenvalue weighted by Gasteiger charge is -2.06. The van der Waals surface area contributed by atoms with Crippen molar-refractivity contribution in [3.05, 3.63) is 53.7 Å². The Morgan fingerprint density at radius 2 is 1.56 bits per heavy atom. The van der Waals surface area contributed by atoms with Crippen LogP contribution in [-0.4, -0.2) is 4.98 Å². The first-order valence-electron chi connectivity index (χ1n) is 5.30. The fourth-order valence-electron chi connectivity index (χ4n) is 1.69. The van der Waals surface area contributed by atoms with Crippen molar-refractivity contribution in [3.8, 4) is 0 Å². The number of nitrogens with zero attached hydrogens (tertiary/aromatic N) is 1. The highest BCUT2D eigenvalue weighted by Crippen LogP contribution is 2.15. The molecule has 0 aliphatic rings. The Labute approximate surface area is 95.1 Å². The van der Waals surface area contributed by atoms with E-state index in [1.807, 2.05) is 36.4 Å². The number of nitrogens with two attached hydrogens (primary N) is 2. The second kappa shape index (κ2) is 4.66. The predicted molar refractivity (Wildman–Crippen MR) is 66.9 cm³/mol. The molecular weight excluding hydrogens is 198 g/mol. The number of benzene rings is 1. The van der Waals surface area contributed by atoms with Gasteiger partial charge in [-0.15, -0.1) is 0 Å². The number of rotatable bonds is 3. The Morgan fingerprint density at radius 1 is 0.875 bits per heavy atom. The predicted octanol–water partition coefficient (Wildman–Crippen LogP) is 2.03. The Balaban J connectivity index is 2.09. The standard InChI is InChI=1S/C13H15N3/c14-12-6-2-1-4-10(12)7-8-11-5-3-9-16-13(11)15/h1-6,9H,7-8,14H2,(H2,15,16). The van der Waals surface area contributed by atoms with Gasteiger partial charge in [0.15, 0.2) is 0 Å². The molecule has 1 aromatic heterocycles. The summed E-state index contributed by atoms with van der Waals surface area (Å²) in [6.07, 6.45) is 3.46. The van der Waals surface area contributed by atoms with Crippen LogP contribution in [0.4, 0.5) is 11.5 Å². The van der Waals surface area contributed by atoms with Gasteiger partial charge in [-0.1, -0.05) is 24.3 Å². The van der Waals surface area contributed by atoms with E-state index in [9.17, 15) is 0 Å². The summed E-state index contributed by atoms with van der Waals surface area (Å²) in [5.41, 5.74) is 14.7. The van der Waals surface area contributed by atoms with Gasteiger partial charge in [0.25, 0.3) is 0 Å². The van der Waals surface area contributed by atoms with Crippen molar-refractivity contribution in [2.45, 2.75) is 12.8 Å². The fourth-order valence-corrected chi connectivity index (χ4v) is 1.69. The van der Waals surface area contributed by atoms with E-state index in [1.54, 1.807) is 6.20 Å². The number of hydrogen-bond donors (Lipinski definition) is 2. The Morgan fingerprint density at radius 3 is 2.31 bits per heavy atom. The Bertz CT molecular complexity index is 435. The van der Waals surface area contributed by atoms with Crippen molar-refractivity contribution in [1.29, 1.82) is 0 Å². The monoisotopic (exact) mass is 213 g/mol. The van der Waals surface area contributed by atoms with Crippen LogP contribution in [0.2, 0.25) is 0 Å². The molecule has 82 valence electrons. The molecule has 16 heavy (non-hydrogen) atoms. The fraction of sp³-hybridized carbons (Fsp3) is 0.154. The highest BCUT2D eigenvalue weighted by atomic mass is 14.8. The second-order valence-corrected chi connectivity index (χ2v) is 3.75. The number of para-hydroxylation sites is 1. The maximum Gasteiger partial charge on any atom is 0.126 e. The maximum absolute atomic E-state index is 5.88. The molecule has 0 aliphatic heterocycles. The summed E-state index contributed by atoms with van der Waals surface area (Å²) in [6, 6.07) is 11.8. The molecule has 0 spiro atoms. The van der Waals surface area contributed by atoms with Crippen LogP contribution in [0.5, 0.6) is 0 Å². The Kier molecular flexibility index (Phi) is 3.05. The number of nitrogen functional groups attached to an aromatic ring is 2. The van der Waals surface area contributed by atoms with Crippen LogP contribution in [0.15, 0.2) is 42.6 Å². The molecule has 0 saturated carbocycles. The van der Waals surface area contributed by atoms with E-state index in [-0.39, 0.29) is 0 Å².